The van der Waals surface area contributed by atoms with Crippen LogP contribution in [0.25, 0.3) is 0 Å². The number of nitrogens with one attached hydrogen (secondary N) is 1. The van der Waals surface area contributed by atoms with Gasteiger partial charge in [-0.1, -0.05) is 12.1 Å². The van der Waals surface area contributed by atoms with Gasteiger partial charge in [-0.2, -0.15) is 0 Å². The molecule has 0 aliphatic heterocycles. The van der Waals surface area contributed by atoms with E-state index in [9.17, 15) is 4.79 Å². The normalized spacial score (nSPS) is 12.9. The van der Waals surface area contributed by atoms with E-state index in [1.807, 2.05) is 52.0 Å². The van der Waals surface area contributed by atoms with Crippen molar-refractivity contribution in [2.24, 2.45) is 5.73 Å². The largest absolute Gasteiger partial charge is 0.494 e. The second-order valence-electron chi connectivity index (χ2n) is 5.46. The SMILES string of the molecule is CCOc1ccc(C(C)NC(=O)CC(C)(C)N)cc1. The van der Waals surface area contributed by atoms with Gasteiger partial charge < -0.3 is 15.8 Å². The highest BCUT2D eigenvalue weighted by Gasteiger charge is 2.18. The minimum absolute atomic E-state index is 0.0334. The molecule has 0 saturated carbocycles. The molecular weight excluding hydrogens is 240 g/mol. The van der Waals surface area contributed by atoms with Gasteiger partial charge in [-0.15, -0.1) is 0 Å². The maximum atomic E-state index is 11.8. The summed E-state index contributed by atoms with van der Waals surface area (Å²) in [6.45, 7) is 8.24. The molecular formula is C15H24N2O2. The zero-order chi connectivity index (χ0) is 14.5. The van der Waals surface area contributed by atoms with Crippen molar-refractivity contribution in [2.75, 3.05) is 6.61 Å². The molecule has 1 unspecified atom stereocenters. The molecule has 4 heteroatoms. The van der Waals surface area contributed by atoms with E-state index in [-0.39, 0.29) is 11.9 Å². The number of amides is 1. The second kappa shape index (κ2) is 6.57. The summed E-state index contributed by atoms with van der Waals surface area (Å²) < 4.78 is 5.38. The van der Waals surface area contributed by atoms with Crippen molar-refractivity contribution in [3.63, 3.8) is 0 Å². The Labute approximate surface area is 115 Å². The molecule has 0 heterocycles. The van der Waals surface area contributed by atoms with Crippen LogP contribution >= 0.6 is 0 Å². The fourth-order valence-corrected chi connectivity index (χ4v) is 1.81. The Morgan fingerprint density at radius 2 is 1.95 bits per heavy atom. The summed E-state index contributed by atoms with van der Waals surface area (Å²) in [5.41, 5.74) is 6.39. The number of nitrogens with two attached hydrogens (primary N) is 1. The summed E-state index contributed by atoms with van der Waals surface area (Å²) in [4.78, 5) is 11.8. The third kappa shape index (κ3) is 5.75. The van der Waals surface area contributed by atoms with E-state index in [4.69, 9.17) is 10.5 Å². The Morgan fingerprint density at radius 3 is 2.42 bits per heavy atom. The molecule has 1 rings (SSSR count). The quantitative estimate of drug-likeness (QED) is 0.829. The number of rotatable bonds is 6. The van der Waals surface area contributed by atoms with E-state index in [1.165, 1.54) is 0 Å². The first-order valence-electron chi connectivity index (χ1n) is 6.63. The molecule has 1 atom stereocenters. The van der Waals surface area contributed by atoms with Crippen molar-refractivity contribution in [1.29, 1.82) is 0 Å². The fourth-order valence-electron chi connectivity index (χ4n) is 1.81. The van der Waals surface area contributed by atoms with Crippen LogP contribution < -0.4 is 15.8 Å². The highest BCUT2D eigenvalue weighted by atomic mass is 16.5. The number of hydrogen-bond donors (Lipinski definition) is 2. The Hall–Kier alpha value is -1.55. The molecule has 0 saturated heterocycles. The Kier molecular flexibility index (Phi) is 5.36. The van der Waals surface area contributed by atoms with Crippen LogP contribution in [-0.2, 0) is 4.79 Å². The molecule has 106 valence electrons. The maximum Gasteiger partial charge on any atom is 0.222 e. The molecule has 1 aromatic rings. The monoisotopic (exact) mass is 264 g/mol. The first-order chi connectivity index (χ1) is 8.81. The van der Waals surface area contributed by atoms with Crippen LogP contribution in [0.1, 0.15) is 45.7 Å². The molecule has 0 aliphatic rings. The lowest BCUT2D eigenvalue weighted by atomic mass is 10.0. The molecule has 0 bridgehead atoms. The topological polar surface area (TPSA) is 64.3 Å². The number of carbonyl (C=O) groups is 1. The van der Waals surface area contributed by atoms with Crippen molar-refractivity contribution in [1.82, 2.24) is 5.32 Å². The van der Waals surface area contributed by atoms with Crippen molar-refractivity contribution in [3.8, 4) is 5.75 Å². The number of benzene rings is 1. The standard InChI is InChI=1S/C15H24N2O2/c1-5-19-13-8-6-12(7-9-13)11(2)17-14(18)10-15(3,4)16/h6-9,11H,5,10,16H2,1-4H3,(H,17,18). The first-order valence-corrected chi connectivity index (χ1v) is 6.63. The van der Waals surface area contributed by atoms with Gasteiger partial charge in [0.05, 0.1) is 12.6 Å². The lowest BCUT2D eigenvalue weighted by Crippen LogP contribution is -2.39. The van der Waals surface area contributed by atoms with Crippen molar-refractivity contribution in [2.45, 2.75) is 45.7 Å². The Balaban J connectivity index is 2.57. The van der Waals surface area contributed by atoms with E-state index in [2.05, 4.69) is 5.32 Å². The van der Waals surface area contributed by atoms with Gasteiger partial charge >= 0.3 is 0 Å². The van der Waals surface area contributed by atoms with Gasteiger partial charge in [0, 0.05) is 12.0 Å². The molecule has 0 radical (unpaired) electrons. The predicted molar refractivity (Wildman–Crippen MR) is 77.1 cm³/mol. The van der Waals surface area contributed by atoms with Crippen LogP contribution in [-0.4, -0.2) is 18.1 Å². The summed E-state index contributed by atoms with van der Waals surface area (Å²) in [7, 11) is 0. The molecule has 0 fully saturated rings. The van der Waals surface area contributed by atoms with Gasteiger partial charge in [0.25, 0.3) is 0 Å². The highest BCUT2D eigenvalue weighted by Crippen LogP contribution is 2.18. The van der Waals surface area contributed by atoms with Gasteiger partial charge in [-0.25, -0.2) is 0 Å². The predicted octanol–water partition coefficient (Wildman–Crippen LogP) is 2.39. The molecule has 0 aliphatic carbocycles. The average Bonchev–Trinajstić information content (AvgIpc) is 2.27. The van der Waals surface area contributed by atoms with Crippen molar-refractivity contribution >= 4 is 5.91 Å². The van der Waals surface area contributed by atoms with Crippen LogP contribution in [0.4, 0.5) is 0 Å². The molecule has 0 spiro atoms. The van der Waals surface area contributed by atoms with E-state index < -0.39 is 5.54 Å². The number of hydrogen-bond acceptors (Lipinski definition) is 3. The van der Waals surface area contributed by atoms with Gasteiger partial charge in [0.2, 0.25) is 5.91 Å². The third-order valence-electron chi connectivity index (χ3n) is 2.68. The molecule has 4 nitrogen and oxygen atoms in total. The van der Waals surface area contributed by atoms with E-state index in [0.717, 1.165) is 11.3 Å². The smallest absolute Gasteiger partial charge is 0.222 e. The minimum Gasteiger partial charge on any atom is -0.494 e. The molecule has 1 amide bonds. The van der Waals surface area contributed by atoms with E-state index in [0.29, 0.717) is 13.0 Å². The Bertz CT molecular complexity index is 407. The van der Waals surface area contributed by atoms with Gasteiger partial charge in [-0.05, 0) is 45.4 Å². The van der Waals surface area contributed by atoms with Crippen molar-refractivity contribution < 1.29 is 9.53 Å². The zero-order valence-corrected chi connectivity index (χ0v) is 12.2. The van der Waals surface area contributed by atoms with Gasteiger partial charge in [0.1, 0.15) is 5.75 Å². The summed E-state index contributed by atoms with van der Waals surface area (Å²) in [6, 6.07) is 7.71. The number of ether oxygens (including phenoxy) is 1. The van der Waals surface area contributed by atoms with E-state index in [1.54, 1.807) is 0 Å². The molecule has 1 aromatic carbocycles. The van der Waals surface area contributed by atoms with Crippen LogP contribution in [0.3, 0.4) is 0 Å². The molecule has 3 N–H and O–H groups in total. The third-order valence-corrected chi connectivity index (χ3v) is 2.68. The fraction of sp³-hybridized carbons (Fsp3) is 0.533. The maximum absolute atomic E-state index is 11.8. The average molecular weight is 264 g/mol. The summed E-state index contributed by atoms with van der Waals surface area (Å²) >= 11 is 0. The summed E-state index contributed by atoms with van der Waals surface area (Å²) in [6.07, 6.45) is 0.314. The van der Waals surface area contributed by atoms with Crippen LogP contribution in [0.2, 0.25) is 0 Å². The van der Waals surface area contributed by atoms with E-state index >= 15 is 0 Å². The van der Waals surface area contributed by atoms with Crippen LogP contribution in [0.5, 0.6) is 5.75 Å². The number of carbonyl (C=O) groups excluding carboxylic acids is 1. The van der Waals surface area contributed by atoms with Crippen molar-refractivity contribution in [3.05, 3.63) is 29.8 Å². The summed E-state index contributed by atoms with van der Waals surface area (Å²) in [5, 5.41) is 2.94. The molecule has 19 heavy (non-hydrogen) atoms. The minimum atomic E-state index is -0.484. The Morgan fingerprint density at radius 1 is 1.37 bits per heavy atom. The lowest BCUT2D eigenvalue weighted by Gasteiger charge is -2.20. The summed E-state index contributed by atoms with van der Waals surface area (Å²) in [5.74, 6) is 0.807. The lowest BCUT2D eigenvalue weighted by molar-refractivity contribution is -0.122. The van der Waals surface area contributed by atoms with Crippen LogP contribution in [0.15, 0.2) is 24.3 Å². The molecule has 0 aromatic heterocycles. The second-order valence-corrected chi connectivity index (χ2v) is 5.46. The van der Waals surface area contributed by atoms with Gasteiger partial charge in [-0.3, -0.25) is 4.79 Å². The van der Waals surface area contributed by atoms with Crippen LogP contribution in [0, 0.1) is 0 Å². The zero-order valence-electron chi connectivity index (χ0n) is 12.2. The van der Waals surface area contributed by atoms with Gasteiger partial charge in [0.15, 0.2) is 0 Å². The first kappa shape index (κ1) is 15.5. The highest BCUT2D eigenvalue weighted by molar-refractivity contribution is 5.77.